The Kier molecular flexibility index (Phi) is 3.86. The second-order valence-corrected chi connectivity index (χ2v) is 7.06. The second kappa shape index (κ2) is 6.18. The van der Waals surface area contributed by atoms with Crippen molar-refractivity contribution in [1.29, 1.82) is 0 Å². The number of para-hydroxylation sites is 1. The monoisotopic (exact) mass is 347 g/mol. The molecule has 5 heteroatoms. The van der Waals surface area contributed by atoms with E-state index in [0.29, 0.717) is 10.0 Å². The predicted octanol–water partition coefficient (Wildman–Crippen LogP) is 5.47. The highest BCUT2D eigenvalue weighted by molar-refractivity contribution is 7.16. The summed E-state index contributed by atoms with van der Waals surface area (Å²) in [5.74, 6) is 0.0301. The molecule has 1 aromatic heterocycles. The van der Waals surface area contributed by atoms with Crippen molar-refractivity contribution in [2.24, 2.45) is 4.99 Å². The minimum Gasteiger partial charge on any atom is -0.492 e. The highest BCUT2D eigenvalue weighted by atomic mass is 32.1. The van der Waals surface area contributed by atoms with Crippen LogP contribution < -0.4 is 5.32 Å². The summed E-state index contributed by atoms with van der Waals surface area (Å²) in [5.41, 5.74) is 6.35. The molecular weight excluding hydrogens is 330 g/mol. The molecule has 2 N–H and O–H groups in total. The highest BCUT2D eigenvalue weighted by Crippen LogP contribution is 2.37. The summed E-state index contributed by atoms with van der Waals surface area (Å²) in [6.45, 7) is 4.12. The van der Waals surface area contributed by atoms with Gasteiger partial charge in [-0.3, -0.25) is 4.99 Å². The van der Waals surface area contributed by atoms with Gasteiger partial charge in [-0.2, -0.15) is 4.98 Å². The van der Waals surface area contributed by atoms with Crippen molar-refractivity contribution in [3.8, 4) is 5.88 Å². The quantitative estimate of drug-likeness (QED) is 0.661. The lowest BCUT2D eigenvalue weighted by molar-refractivity contribution is 0.457. The van der Waals surface area contributed by atoms with Crippen LogP contribution in [0.25, 0.3) is 11.6 Å². The number of thiazole rings is 1. The van der Waals surface area contributed by atoms with Gasteiger partial charge in [0.2, 0.25) is 5.88 Å². The van der Waals surface area contributed by atoms with Crippen molar-refractivity contribution < 1.29 is 5.11 Å². The van der Waals surface area contributed by atoms with Crippen LogP contribution in [-0.2, 0) is 0 Å². The van der Waals surface area contributed by atoms with Crippen LogP contribution >= 0.6 is 11.3 Å². The molecule has 0 atom stereocenters. The van der Waals surface area contributed by atoms with Crippen LogP contribution in [0.1, 0.15) is 21.6 Å². The molecule has 2 heterocycles. The highest BCUT2D eigenvalue weighted by Gasteiger charge is 2.14. The van der Waals surface area contributed by atoms with Crippen LogP contribution in [0.3, 0.4) is 0 Å². The average Bonchev–Trinajstić information content (AvgIpc) is 3.15. The van der Waals surface area contributed by atoms with Crippen LogP contribution in [-0.4, -0.2) is 16.3 Å². The Balaban J connectivity index is 1.63. The van der Waals surface area contributed by atoms with Crippen LogP contribution in [0.4, 0.5) is 16.5 Å². The lowest BCUT2D eigenvalue weighted by Gasteiger charge is -2.06. The molecule has 0 spiro atoms. The molecule has 4 rings (SSSR count). The van der Waals surface area contributed by atoms with E-state index in [-0.39, 0.29) is 5.88 Å². The topological polar surface area (TPSA) is 57.5 Å². The molecule has 0 fully saturated rings. The molecule has 0 aliphatic carbocycles. The van der Waals surface area contributed by atoms with Gasteiger partial charge in [-0.05, 0) is 37.6 Å². The predicted molar refractivity (Wildman–Crippen MR) is 105 cm³/mol. The SMILES string of the molecule is Cc1ccc(Nc2nc(O)c(/C=C3/C=Nc4ccccc43)s2)c(C)c1. The summed E-state index contributed by atoms with van der Waals surface area (Å²) in [6.07, 6.45) is 3.75. The summed E-state index contributed by atoms with van der Waals surface area (Å²) in [7, 11) is 0. The smallest absolute Gasteiger partial charge is 0.231 e. The minimum atomic E-state index is 0.0301. The molecule has 0 saturated carbocycles. The molecule has 1 aliphatic heterocycles. The first-order chi connectivity index (χ1) is 12.1. The fraction of sp³-hybridized carbons (Fsp3) is 0.100. The van der Waals surface area contributed by atoms with E-state index < -0.39 is 0 Å². The van der Waals surface area contributed by atoms with Crippen molar-refractivity contribution in [2.45, 2.75) is 13.8 Å². The third-order valence-electron chi connectivity index (χ3n) is 4.10. The van der Waals surface area contributed by atoms with E-state index in [1.54, 1.807) is 0 Å². The number of hydrogen-bond donors (Lipinski definition) is 2. The fourth-order valence-corrected chi connectivity index (χ4v) is 3.66. The zero-order valence-corrected chi connectivity index (χ0v) is 14.8. The average molecular weight is 347 g/mol. The van der Waals surface area contributed by atoms with Gasteiger partial charge in [0, 0.05) is 23.0 Å². The molecule has 2 aromatic carbocycles. The van der Waals surface area contributed by atoms with Crippen LogP contribution in [0.15, 0.2) is 47.5 Å². The number of fused-ring (bicyclic) bond motifs is 1. The normalized spacial score (nSPS) is 14.1. The Hall–Kier alpha value is -2.92. The lowest BCUT2D eigenvalue weighted by Crippen LogP contribution is -1.92. The van der Waals surface area contributed by atoms with E-state index in [1.165, 1.54) is 16.9 Å². The van der Waals surface area contributed by atoms with Crippen molar-refractivity contribution in [2.75, 3.05) is 5.32 Å². The Labute approximate surface area is 150 Å². The Morgan fingerprint density at radius 3 is 2.80 bits per heavy atom. The summed E-state index contributed by atoms with van der Waals surface area (Å²) in [4.78, 5) is 9.35. The standard InChI is InChI=1S/C20H17N3OS/c1-12-7-8-16(13(2)9-12)22-20-23-19(24)18(25-20)10-14-11-21-17-6-4-3-5-15(14)17/h3-11,24H,1-2H3,(H,22,23)/b14-10-. The number of hydrogen-bond acceptors (Lipinski definition) is 5. The lowest BCUT2D eigenvalue weighted by atomic mass is 10.1. The first-order valence-electron chi connectivity index (χ1n) is 7.99. The second-order valence-electron chi connectivity index (χ2n) is 6.03. The van der Waals surface area contributed by atoms with Gasteiger partial charge in [-0.1, -0.05) is 47.2 Å². The number of aryl methyl sites for hydroxylation is 2. The number of benzene rings is 2. The first kappa shape index (κ1) is 15.6. The van der Waals surface area contributed by atoms with Crippen LogP contribution in [0.5, 0.6) is 5.88 Å². The van der Waals surface area contributed by atoms with Gasteiger partial charge < -0.3 is 10.4 Å². The van der Waals surface area contributed by atoms with E-state index in [4.69, 9.17) is 0 Å². The minimum absolute atomic E-state index is 0.0301. The number of aromatic hydroxyl groups is 1. The summed E-state index contributed by atoms with van der Waals surface area (Å²) in [5, 5.41) is 14.2. The Morgan fingerprint density at radius 1 is 1.12 bits per heavy atom. The molecule has 1 aliphatic rings. The van der Waals surface area contributed by atoms with Gasteiger partial charge in [0.25, 0.3) is 0 Å². The zero-order valence-electron chi connectivity index (χ0n) is 13.9. The number of aromatic nitrogens is 1. The number of rotatable bonds is 3. The molecule has 4 nitrogen and oxygen atoms in total. The number of nitrogens with one attached hydrogen (secondary N) is 1. The zero-order chi connectivity index (χ0) is 17.4. The first-order valence-corrected chi connectivity index (χ1v) is 8.81. The molecule has 25 heavy (non-hydrogen) atoms. The van der Waals surface area contributed by atoms with Crippen LogP contribution in [0.2, 0.25) is 0 Å². The van der Waals surface area contributed by atoms with Gasteiger partial charge in [0.15, 0.2) is 5.13 Å². The molecule has 0 radical (unpaired) electrons. The van der Waals surface area contributed by atoms with Gasteiger partial charge in [-0.25, -0.2) is 0 Å². The van der Waals surface area contributed by atoms with E-state index in [2.05, 4.69) is 41.3 Å². The Bertz CT molecular complexity index is 1020. The molecule has 0 saturated heterocycles. The molecule has 0 unspecified atom stereocenters. The van der Waals surface area contributed by atoms with Gasteiger partial charge in [0.1, 0.15) is 0 Å². The van der Waals surface area contributed by atoms with Gasteiger partial charge in [0.05, 0.1) is 10.6 Å². The number of anilines is 2. The maximum absolute atomic E-state index is 10.2. The van der Waals surface area contributed by atoms with Gasteiger partial charge in [-0.15, -0.1) is 0 Å². The molecule has 0 amide bonds. The molecular formula is C20H17N3OS. The Morgan fingerprint density at radius 2 is 1.96 bits per heavy atom. The van der Waals surface area contributed by atoms with Crippen molar-refractivity contribution in [3.05, 3.63) is 64.0 Å². The van der Waals surface area contributed by atoms with E-state index in [1.807, 2.05) is 42.6 Å². The maximum Gasteiger partial charge on any atom is 0.231 e. The van der Waals surface area contributed by atoms with E-state index >= 15 is 0 Å². The van der Waals surface area contributed by atoms with Crippen molar-refractivity contribution in [3.63, 3.8) is 0 Å². The molecule has 3 aromatic rings. The van der Waals surface area contributed by atoms with Crippen molar-refractivity contribution in [1.82, 2.24) is 4.98 Å². The largest absolute Gasteiger partial charge is 0.492 e. The summed E-state index contributed by atoms with van der Waals surface area (Å²) < 4.78 is 0. The third kappa shape index (κ3) is 3.06. The number of nitrogens with zero attached hydrogens (tertiary/aromatic N) is 2. The number of allylic oxidation sites excluding steroid dienone is 1. The maximum atomic E-state index is 10.2. The number of aliphatic imine (C=N–C) groups is 1. The van der Waals surface area contributed by atoms with Crippen molar-refractivity contribution >= 4 is 45.7 Å². The van der Waals surface area contributed by atoms with E-state index in [9.17, 15) is 5.11 Å². The third-order valence-corrected chi connectivity index (χ3v) is 5.01. The summed E-state index contributed by atoms with van der Waals surface area (Å²) >= 11 is 1.42. The summed E-state index contributed by atoms with van der Waals surface area (Å²) in [6, 6.07) is 14.2. The molecule has 0 bridgehead atoms. The van der Waals surface area contributed by atoms with Gasteiger partial charge >= 0.3 is 0 Å². The van der Waals surface area contributed by atoms with E-state index in [0.717, 1.165) is 28.1 Å². The fourth-order valence-electron chi connectivity index (χ4n) is 2.84. The molecule has 124 valence electrons. The van der Waals surface area contributed by atoms with Crippen LogP contribution in [0, 0.1) is 13.8 Å².